The van der Waals surface area contributed by atoms with E-state index in [2.05, 4.69) is 30.9 Å². The Balaban J connectivity index is 1.53. The maximum atomic E-state index is 12.1. The van der Waals surface area contributed by atoms with Gasteiger partial charge < -0.3 is 15.2 Å². The lowest BCUT2D eigenvalue weighted by Crippen LogP contribution is -2.29. The van der Waals surface area contributed by atoms with Crippen LogP contribution in [0.4, 0.5) is 5.82 Å². The van der Waals surface area contributed by atoms with Crippen LogP contribution in [-0.4, -0.2) is 43.9 Å². The van der Waals surface area contributed by atoms with E-state index >= 15 is 0 Å². The summed E-state index contributed by atoms with van der Waals surface area (Å²) in [5.74, 6) is 1.64. The van der Waals surface area contributed by atoms with Crippen LogP contribution in [0.2, 0.25) is 0 Å². The lowest BCUT2D eigenvalue weighted by molar-refractivity contribution is 0.0953. The molecule has 0 bridgehead atoms. The summed E-state index contributed by atoms with van der Waals surface area (Å²) in [5.41, 5.74) is 1.98. The van der Waals surface area contributed by atoms with E-state index in [0.29, 0.717) is 41.7 Å². The Bertz CT molecular complexity index is 865. The van der Waals surface area contributed by atoms with E-state index in [-0.39, 0.29) is 5.91 Å². The SMILES string of the molecule is Cc1ccn(-c2cc(NCCNC(=O)c3c(C)noc3C)ncn2)n1. The second kappa shape index (κ2) is 7.12. The molecule has 1 amide bonds. The zero-order chi connectivity index (χ0) is 17.8. The van der Waals surface area contributed by atoms with E-state index in [1.165, 1.54) is 6.33 Å². The molecule has 130 valence electrons. The Morgan fingerprint density at radius 2 is 2.08 bits per heavy atom. The highest BCUT2D eigenvalue weighted by molar-refractivity contribution is 5.96. The summed E-state index contributed by atoms with van der Waals surface area (Å²) in [6.07, 6.45) is 3.31. The second-order valence-electron chi connectivity index (χ2n) is 5.54. The van der Waals surface area contributed by atoms with Crippen LogP contribution in [0.3, 0.4) is 0 Å². The lowest BCUT2D eigenvalue weighted by Gasteiger charge is -2.08. The number of aryl methyl sites for hydroxylation is 3. The Hall–Kier alpha value is -3.23. The molecule has 0 saturated carbocycles. The van der Waals surface area contributed by atoms with Crippen molar-refractivity contribution in [2.45, 2.75) is 20.8 Å². The van der Waals surface area contributed by atoms with Crippen LogP contribution >= 0.6 is 0 Å². The van der Waals surface area contributed by atoms with Crippen molar-refractivity contribution in [2.24, 2.45) is 0 Å². The number of carbonyl (C=O) groups is 1. The van der Waals surface area contributed by atoms with Gasteiger partial charge in [-0.25, -0.2) is 14.6 Å². The topological polar surface area (TPSA) is 111 Å². The van der Waals surface area contributed by atoms with E-state index in [1.54, 1.807) is 24.6 Å². The summed E-state index contributed by atoms with van der Waals surface area (Å²) in [4.78, 5) is 20.5. The van der Waals surface area contributed by atoms with Gasteiger partial charge in [0.1, 0.15) is 23.5 Å². The minimum Gasteiger partial charge on any atom is -0.368 e. The van der Waals surface area contributed by atoms with Gasteiger partial charge in [-0.3, -0.25) is 4.79 Å². The van der Waals surface area contributed by atoms with Crippen LogP contribution in [0.25, 0.3) is 5.82 Å². The maximum absolute atomic E-state index is 12.1. The van der Waals surface area contributed by atoms with E-state index in [9.17, 15) is 4.79 Å². The monoisotopic (exact) mass is 341 g/mol. The first-order chi connectivity index (χ1) is 12.0. The van der Waals surface area contributed by atoms with Crippen molar-refractivity contribution in [1.29, 1.82) is 0 Å². The Morgan fingerprint density at radius 3 is 2.76 bits per heavy atom. The van der Waals surface area contributed by atoms with Gasteiger partial charge in [-0.15, -0.1) is 0 Å². The third-order valence-electron chi connectivity index (χ3n) is 3.59. The molecule has 0 saturated heterocycles. The molecule has 0 aliphatic rings. The molecule has 0 aliphatic carbocycles. The van der Waals surface area contributed by atoms with Gasteiger partial charge in [0.05, 0.1) is 11.4 Å². The van der Waals surface area contributed by atoms with Gasteiger partial charge >= 0.3 is 0 Å². The van der Waals surface area contributed by atoms with Gasteiger partial charge in [0, 0.05) is 25.4 Å². The van der Waals surface area contributed by atoms with E-state index < -0.39 is 0 Å². The number of hydrogen-bond donors (Lipinski definition) is 2. The largest absolute Gasteiger partial charge is 0.368 e. The molecule has 0 spiro atoms. The number of amides is 1. The van der Waals surface area contributed by atoms with Gasteiger partial charge in [0.2, 0.25) is 0 Å². The summed E-state index contributed by atoms with van der Waals surface area (Å²) >= 11 is 0. The van der Waals surface area contributed by atoms with Gasteiger partial charge in [-0.2, -0.15) is 5.10 Å². The van der Waals surface area contributed by atoms with Crippen LogP contribution < -0.4 is 10.6 Å². The molecular weight excluding hydrogens is 322 g/mol. The van der Waals surface area contributed by atoms with Crippen molar-refractivity contribution in [3.8, 4) is 5.82 Å². The Morgan fingerprint density at radius 1 is 1.24 bits per heavy atom. The quantitative estimate of drug-likeness (QED) is 0.652. The standard InChI is InChI=1S/C16H19N7O2/c1-10-4-7-23(21-10)14-8-13(19-9-20-14)17-5-6-18-16(24)15-11(2)22-25-12(15)3/h4,7-9H,5-6H2,1-3H3,(H,18,24)(H,17,19,20). The van der Waals surface area contributed by atoms with E-state index in [0.717, 1.165) is 5.69 Å². The van der Waals surface area contributed by atoms with Crippen molar-refractivity contribution in [1.82, 2.24) is 30.2 Å². The number of carbonyl (C=O) groups excluding carboxylic acids is 1. The Kier molecular flexibility index (Phi) is 4.73. The van der Waals surface area contributed by atoms with E-state index in [1.807, 2.05) is 19.2 Å². The Labute approximate surface area is 144 Å². The molecule has 3 heterocycles. The molecule has 0 aliphatic heterocycles. The molecule has 9 heteroatoms. The third-order valence-corrected chi connectivity index (χ3v) is 3.59. The minimum absolute atomic E-state index is 0.201. The third kappa shape index (κ3) is 3.82. The lowest BCUT2D eigenvalue weighted by atomic mass is 10.2. The molecule has 0 atom stereocenters. The number of nitrogens with zero attached hydrogens (tertiary/aromatic N) is 5. The molecule has 9 nitrogen and oxygen atoms in total. The fourth-order valence-electron chi connectivity index (χ4n) is 2.37. The van der Waals surface area contributed by atoms with Crippen molar-refractivity contribution in [3.05, 3.63) is 47.4 Å². The minimum atomic E-state index is -0.201. The molecular formula is C16H19N7O2. The summed E-state index contributed by atoms with van der Waals surface area (Å²) in [7, 11) is 0. The fourth-order valence-corrected chi connectivity index (χ4v) is 2.37. The zero-order valence-electron chi connectivity index (χ0n) is 14.3. The zero-order valence-corrected chi connectivity index (χ0v) is 14.3. The molecule has 0 unspecified atom stereocenters. The molecule has 0 fully saturated rings. The molecule has 3 rings (SSSR count). The number of aromatic nitrogens is 5. The molecule has 0 aromatic carbocycles. The van der Waals surface area contributed by atoms with Crippen LogP contribution in [0.1, 0.15) is 27.5 Å². The highest BCUT2D eigenvalue weighted by Gasteiger charge is 2.16. The fraction of sp³-hybridized carbons (Fsp3) is 0.312. The average Bonchev–Trinajstić information content (AvgIpc) is 3.17. The summed E-state index contributed by atoms with van der Waals surface area (Å²) in [6.45, 7) is 6.32. The average molecular weight is 341 g/mol. The summed E-state index contributed by atoms with van der Waals surface area (Å²) < 4.78 is 6.68. The molecule has 3 aromatic heterocycles. The first-order valence-electron chi connectivity index (χ1n) is 7.84. The first-order valence-corrected chi connectivity index (χ1v) is 7.84. The number of anilines is 1. The predicted octanol–water partition coefficient (Wildman–Crippen LogP) is 1.42. The highest BCUT2D eigenvalue weighted by Crippen LogP contribution is 2.11. The van der Waals surface area contributed by atoms with Crippen LogP contribution in [0, 0.1) is 20.8 Å². The van der Waals surface area contributed by atoms with Crippen LogP contribution in [0.5, 0.6) is 0 Å². The maximum Gasteiger partial charge on any atom is 0.256 e. The van der Waals surface area contributed by atoms with Crippen LogP contribution in [-0.2, 0) is 0 Å². The molecule has 0 radical (unpaired) electrons. The smallest absolute Gasteiger partial charge is 0.256 e. The summed E-state index contributed by atoms with van der Waals surface area (Å²) in [5, 5.41) is 14.1. The molecule has 25 heavy (non-hydrogen) atoms. The van der Waals surface area contributed by atoms with Crippen molar-refractivity contribution < 1.29 is 9.32 Å². The first kappa shape index (κ1) is 16.6. The van der Waals surface area contributed by atoms with Gasteiger partial charge in [0.25, 0.3) is 5.91 Å². The van der Waals surface area contributed by atoms with Gasteiger partial charge in [-0.05, 0) is 26.8 Å². The van der Waals surface area contributed by atoms with E-state index in [4.69, 9.17) is 4.52 Å². The van der Waals surface area contributed by atoms with Gasteiger partial charge in [-0.1, -0.05) is 5.16 Å². The van der Waals surface area contributed by atoms with Crippen molar-refractivity contribution >= 4 is 11.7 Å². The molecule has 3 aromatic rings. The molecule has 2 N–H and O–H groups in total. The second-order valence-corrected chi connectivity index (χ2v) is 5.54. The summed E-state index contributed by atoms with van der Waals surface area (Å²) in [6, 6.07) is 3.70. The van der Waals surface area contributed by atoms with Crippen LogP contribution in [0.15, 0.2) is 29.2 Å². The van der Waals surface area contributed by atoms with Crippen molar-refractivity contribution in [2.75, 3.05) is 18.4 Å². The van der Waals surface area contributed by atoms with Gasteiger partial charge in [0.15, 0.2) is 5.82 Å². The van der Waals surface area contributed by atoms with Crippen molar-refractivity contribution in [3.63, 3.8) is 0 Å². The number of rotatable bonds is 6. The normalized spacial score (nSPS) is 10.7. The predicted molar refractivity (Wildman–Crippen MR) is 90.7 cm³/mol. The number of nitrogens with one attached hydrogen (secondary N) is 2. The number of hydrogen-bond acceptors (Lipinski definition) is 7. The highest BCUT2D eigenvalue weighted by atomic mass is 16.5.